The number of carbonyl (C=O) groups excluding carboxylic acids is 2. The van der Waals surface area contributed by atoms with Crippen LogP contribution in [0.2, 0.25) is 0 Å². The van der Waals surface area contributed by atoms with E-state index in [2.05, 4.69) is 6.58 Å². The number of carbonyl (C=O) groups is 3. The largest absolute Gasteiger partial charge is 0.481 e. The van der Waals surface area contributed by atoms with Gasteiger partial charge in [-0.2, -0.15) is 0 Å². The lowest BCUT2D eigenvalue weighted by Gasteiger charge is -2.51. The molecule has 0 aromatic rings. The van der Waals surface area contributed by atoms with Gasteiger partial charge in [0.05, 0.1) is 6.42 Å². The van der Waals surface area contributed by atoms with Crippen molar-refractivity contribution in [1.29, 1.82) is 0 Å². The molecule has 1 aliphatic carbocycles. The Hall–Kier alpha value is -1.71. The predicted octanol–water partition coefficient (Wildman–Crippen LogP) is 3.42. The number of carboxylic acids is 1. The molecule has 0 saturated carbocycles. The van der Waals surface area contributed by atoms with Gasteiger partial charge < -0.3 is 5.11 Å². The van der Waals surface area contributed by atoms with Crippen LogP contribution < -0.4 is 0 Å². The minimum atomic E-state index is -1.03. The molecule has 0 fully saturated rings. The van der Waals surface area contributed by atoms with Crippen molar-refractivity contribution in [3.63, 3.8) is 0 Å². The molecular weight excluding hydrogens is 280 g/mol. The summed E-state index contributed by atoms with van der Waals surface area (Å²) in [4.78, 5) is 36.8. The van der Waals surface area contributed by atoms with Gasteiger partial charge in [0.1, 0.15) is 0 Å². The van der Waals surface area contributed by atoms with E-state index in [1.165, 1.54) is 6.08 Å². The van der Waals surface area contributed by atoms with Gasteiger partial charge in [-0.05, 0) is 23.8 Å². The van der Waals surface area contributed by atoms with E-state index in [0.29, 0.717) is 12.0 Å². The first kappa shape index (κ1) is 18.3. The third-order valence-corrected chi connectivity index (χ3v) is 5.74. The second-order valence-electron chi connectivity index (χ2n) is 6.96. The number of carboxylic acid groups (broad SMARTS) is 1. The quantitative estimate of drug-likeness (QED) is 0.763. The summed E-state index contributed by atoms with van der Waals surface area (Å²) in [5.74, 6) is -1.80. The highest BCUT2D eigenvalue weighted by Gasteiger charge is 2.58. The van der Waals surface area contributed by atoms with Crippen LogP contribution in [0.1, 0.15) is 47.5 Å². The predicted molar refractivity (Wildman–Crippen MR) is 85.4 cm³/mol. The lowest BCUT2D eigenvalue weighted by Crippen LogP contribution is -2.55. The van der Waals surface area contributed by atoms with Crippen molar-refractivity contribution >= 4 is 17.5 Å². The molecule has 0 aromatic heterocycles. The van der Waals surface area contributed by atoms with Gasteiger partial charge in [-0.15, -0.1) is 6.58 Å². The molecule has 0 spiro atoms. The molecule has 3 atom stereocenters. The van der Waals surface area contributed by atoms with Crippen molar-refractivity contribution in [2.45, 2.75) is 47.5 Å². The first-order valence-corrected chi connectivity index (χ1v) is 7.64. The third-order valence-electron chi connectivity index (χ3n) is 5.74. The van der Waals surface area contributed by atoms with Crippen molar-refractivity contribution in [2.24, 2.45) is 22.7 Å². The van der Waals surface area contributed by atoms with Gasteiger partial charge in [-0.3, -0.25) is 14.4 Å². The van der Waals surface area contributed by atoms with Crippen molar-refractivity contribution < 1.29 is 19.5 Å². The Balaban J connectivity index is 3.47. The lowest BCUT2D eigenvalue weighted by molar-refractivity contribution is -0.156. The number of Topliss-reactive ketones (excluding diaryl/α,β-unsaturated/α-hetero) is 1. The highest BCUT2D eigenvalue weighted by atomic mass is 16.4. The summed E-state index contributed by atoms with van der Waals surface area (Å²) in [6.07, 6.45) is 3.22. The Morgan fingerprint density at radius 3 is 2.45 bits per heavy atom. The molecule has 4 nitrogen and oxygen atoms in total. The Bertz CT molecular complexity index is 543. The van der Waals surface area contributed by atoms with E-state index in [0.717, 1.165) is 0 Å². The molecule has 0 bridgehead atoms. The molecule has 22 heavy (non-hydrogen) atoms. The van der Waals surface area contributed by atoms with Gasteiger partial charge in [0, 0.05) is 16.9 Å². The second kappa shape index (κ2) is 6.19. The van der Waals surface area contributed by atoms with Crippen LogP contribution in [0.4, 0.5) is 0 Å². The Morgan fingerprint density at radius 1 is 1.50 bits per heavy atom. The Labute approximate surface area is 132 Å². The van der Waals surface area contributed by atoms with Crippen LogP contribution in [0.3, 0.4) is 0 Å². The van der Waals surface area contributed by atoms with Crippen molar-refractivity contribution in [3.05, 3.63) is 24.3 Å². The van der Waals surface area contributed by atoms with Gasteiger partial charge in [-0.25, -0.2) is 0 Å². The van der Waals surface area contributed by atoms with Crippen molar-refractivity contribution in [2.75, 3.05) is 0 Å². The fourth-order valence-corrected chi connectivity index (χ4v) is 3.53. The number of rotatable bonds is 6. The molecule has 0 saturated heterocycles. The molecule has 1 rings (SSSR count). The number of allylic oxidation sites excluding steroid dienone is 3. The van der Waals surface area contributed by atoms with E-state index in [1.54, 1.807) is 26.8 Å². The zero-order chi connectivity index (χ0) is 17.3. The smallest absolute Gasteiger partial charge is 0.303 e. The fraction of sp³-hybridized carbons (Fsp3) is 0.611. The maximum atomic E-state index is 12.8. The van der Waals surface area contributed by atoms with E-state index >= 15 is 0 Å². The van der Waals surface area contributed by atoms with Gasteiger partial charge >= 0.3 is 5.97 Å². The molecule has 4 heteroatoms. The topological polar surface area (TPSA) is 71.4 Å². The van der Waals surface area contributed by atoms with Crippen molar-refractivity contribution in [1.82, 2.24) is 0 Å². The summed E-state index contributed by atoms with van der Waals surface area (Å²) in [6, 6.07) is 0. The van der Waals surface area contributed by atoms with Gasteiger partial charge in [0.25, 0.3) is 0 Å². The molecule has 122 valence electrons. The van der Waals surface area contributed by atoms with E-state index in [4.69, 9.17) is 0 Å². The van der Waals surface area contributed by atoms with E-state index < -0.39 is 22.7 Å². The SMILES string of the molecule is C=CCC1=CC(=O)C(C)(C(C)(CC(=O)O)C(C)C)C(C)C1=O. The zero-order valence-corrected chi connectivity index (χ0v) is 14.1. The minimum Gasteiger partial charge on any atom is -0.481 e. The molecule has 0 aliphatic heterocycles. The van der Waals surface area contributed by atoms with Gasteiger partial charge in [0.2, 0.25) is 0 Å². The normalized spacial score (nSPS) is 28.3. The van der Waals surface area contributed by atoms with Crippen LogP contribution in [0.25, 0.3) is 0 Å². The van der Waals surface area contributed by atoms with Crippen LogP contribution in [0, 0.1) is 22.7 Å². The molecule has 0 radical (unpaired) electrons. The summed E-state index contributed by atoms with van der Waals surface area (Å²) in [6.45, 7) is 12.7. The minimum absolute atomic E-state index is 0.0536. The summed E-state index contributed by atoms with van der Waals surface area (Å²) in [5.41, 5.74) is -1.37. The summed E-state index contributed by atoms with van der Waals surface area (Å²) in [7, 11) is 0. The van der Waals surface area contributed by atoms with Crippen LogP contribution in [-0.2, 0) is 14.4 Å². The van der Waals surface area contributed by atoms with Crippen LogP contribution in [0.15, 0.2) is 24.3 Å². The van der Waals surface area contributed by atoms with Gasteiger partial charge in [0.15, 0.2) is 11.6 Å². The molecule has 3 unspecified atom stereocenters. The number of hydrogen-bond donors (Lipinski definition) is 1. The molecule has 1 aliphatic rings. The van der Waals surface area contributed by atoms with Crippen LogP contribution in [0.5, 0.6) is 0 Å². The Morgan fingerprint density at radius 2 is 2.05 bits per heavy atom. The maximum Gasteiger partial charge on any atom is 0.303 e. The second-order valence-corrected chi connectivity index (χ2v) is 6.96. The lowest BCUT2D eigenvalue weighted by atomic mass is 9.49. The summed E-state index contributed by atoms with van der Waals surface area (Å²) >= 11 is 0. The average Bonchev–Trinajstić information content (AvgIpc) is 2.41. The highest BCUT2D eigenvalue weighted by Crippen LogP contribution is 2.55. The van der Waals surface area contributed by atoms with E-state index in [-0.39, 0.29) is 23.9 Å². The third kappa shape index (κ3) is 2.67. The van der Waals surface area contributed by atoms with E-state index in [9.17, 15) is 19.5 Å². The number of ketones is 2. The van der Waals surface area contributed by atoms with Crippen molar-refractivity contribution in [3.8, 4) is 0 Å². The van der Waals surface area contributed by atoms with Gasteiger partial charge in [-0.1, -0.05) is 40.7 Å². The van der Waals surface area contributed by atoms with Crippen LogP contribution >= 0.6 is 0 Å². The number of aliphatic carboxylic acids is 1. The van der Waals surface area contributed by atoms with E-state index in [1.807, 2.05) is 13.8 Å². The van der Waals surface area contributed by atoms with Crippen LogP contribution in [-0.4, -0.2) is 22.6 Å². The Kier molecular flexibility index (Phi) is 5.16. The maximum absolute atomic E-state index is 12.8. The summed E-state index contributed by atoms with van der Waals surface area (Å²) < 4.78 is 0. The molecule has 0 amide bonds. The monoisotopic (exact) mass is 306 g/mol. The molecule has 0 heterocycles. The number of hydrogen-bond acceptors (Lipinski definition) is 3. The molecule has 0 aromatic carbocycles. The average molecular weight is 306 g/mol. The highest BCUT2D eigenvalue weighted by molar-refractivity contribution is 6.12. The first-order valence-electron chi connectivity index (χ1n) is 7.64. The standard InChI is InChI=1S/C18H26O4/c1-7-8-13-9-14(19)18(6,12(4)16(13)22)17(5,11(2)3)10-15(20)21/h7,9,11-12H,1,8,10H2,2-6H3,(H,20,21). The summed E-state index contributed by atoms with van der Waals surface area (Å²) in [5, 5.41) is 9.29. The zero-order valence-electron chi connectivity index (χ0n) is 14.1. The first-order chi connectivity index (χ1) is 10.0. The fourth-order valence-electron chi connectivity index (χ4n) is 3.53. The molecular formula is C18H26O4. The molecule has 1 N–H and O–H groups in total.